The van der Waals surface area contributed by atoms with Gasteiger partial charge in [0.25, 0.3) is 0 Å². The van der Waals surface area contributed by atoms with Gasteiger partial charge in [-0.25, -0.2) is 0 Å². The Balaban J connectivity index is 2.97. The SMILES string of the molecule is CNCCCCNCC(O)CCN. The number of hydrogen-bond acceptors (Lipinski definition) is 4. The number of unbranched alkanes of at least 4 members (excludes halogenated alkanes) is 1. The summed E-state index contributed by atoms with van der Waals surface area (Å²) in [4.78, 5) is 0. The van der Waals surface area contributed by atoms with Crippen molar-refractivity contribution in [1.82, 2.24) is 10.6 Å². The lowest BCUT2D eigenvalue weighted by molar-refractivity contribution is 0.164. The van der Waals surface area contributed by atoms with Crippen LogP contribution in [0.3, 0.4) is 0 Å². The van der Waals surface area contributed by atoms with Crippen molar-refractivity contribution in [2.75, 3.05) is 33.2 Å². The third-order valence-corrected chi connectivity index (χ3v) is 1.91. The van der Waals surface area contributed by atoms with Crippen LogP contribution in [0.15, 0.2) is 0 Å². The fraction of sp³-hybridized carbons (Fsp3) is 1.00. The fourth-order valence-corrected chi connectivity index (χ4v) is 1.11. The number of nitrogens with one attached hydrogen (secondary N) is 2. The lowest BCUT2D eigenvalue weighted by Crippen LogP contribution is -2.29. The number of aliphatic hydroxyl groups excluding tert-OH is 1. The molecule has 80 valence electrons. The molecule has 0 aromatic rings. The monoisotopic (exact) mass is 189 g/mol. The molecule has 0 aliphatic carbocycles. The molecule has 4 nitrogen and oxygen atoms in total. The van der Waals surface area contributed by atoms with Gasteiger partial charge >= 0.3 is 0 Å². The second kappa shape index (κ2) is 9.92. The summed E-state index contributed by atoms with van der Waals surface area (Å²) in [5, 5.41) is 15.6. The number of aliphatic hydroxyl groups is 1. The highest BCUT2D eigenvalue weighted by Crippen LogP contribution is 1.88. The van der Waals surface area contributed by atoms with Gasteiger partial charge in [-0.3, -0.25) is 0 Å². The Kier molecular flexibility index (Phi) is 9.80. The lowest BCUT2D eigenvalue weighted by atomic mass is 10.2. The Morgan fingerprint density at radius 2 is 2.00 bits per heavy atom. The highest BCUT2D eigenvalue weighted by molar-refractivity contribution is 4.59. The first-order chi connectivity index (χ1) is 6.31. The molecule has 0 rings (SSSR count). The molecule has 0 bridgehead atoms. The van der Waals surface area contributed by atoms with Gasteiger partial charge in [-0.05, 0) is 45.9 Å². The molecule has 1 unspecified atom stereocenters. The van der Waals surface area contributed by atoms with Gasteiger partial charge in [-0.15, -0.1) is 0 Å². The quantitative estimate of drug-likeness (QED) is 0.362. The maximum Gasteiger partial charge on any atom is 0.0676 e. The zero-order valence-electron chi connectivity index (χ0n) is 8.55. The van der Waals surface area contributed by atoms with Crippen molar-refractivity contribution in [3.8, 4) is 0 Å². The summed E-state index contributed by atoms with van der Waals surface area (Å²) in [5.74, 6) is 0. The Morgan fingerprint density at radius 3 is 2.62 bits per heavy atom. The summed E-state index contributed by atoms with van der Waals surface area (Å²) < 4.78 is 0. The standard InChI is InChI=1S/C9H23N3O/c1-11-6-2-3-7-12-8-9(13)4-5-10/h9,11-13H,2-8,10H2,1H3. The lowest BCUT2D eigenvalue weighted by Gasteiger charge is -2.10. The summed E-state index contributed by atoms with van der Waals surface area (Å²) in [6.45, 7) is 3.26. The average molecular weight is 189 g/mol. The predicted molar refractivity (Wildman–Crippen MR) is 55.7 cm³/mol. The molecular weight excluding hydrogens is 166 g/mol. The highest BCUT2D eigenvalue weighted by Gasteiger charge is 2.00. The third kappa shape index (κ3) is 9.76. The van der Waals surface area contributed by atoms with Crippen LogP contribution in [0.25, 0.3) is 0 Å². The van der Waals surface area contributed by atoms with Gasteiger partial charge in [0.15, 0.2) is 0 Å². The number of nitrogens with two attached hydrogens (primary N) is 1. The van der Waals surface area contributed by atoms with Crippen LogP contribution in [0, 0.1) is 0 Å². The Morgan fingerprint density at radius 1 is 1.31 bits per heavy atom. The molecule has 0 aromatic carbocycles. The molecule has 0 radical (unpaired) electrons. The smallest absolute Gasteiger partial charge is 0.0676 e. The summed E-state index contributed by atoms with van der Waals surface area (Å²) >= 11 is 0. The Labute approximate surface area is 80.9 Å². The summed E-state index contributed by atoms with van der Waals surface area (Å²) in [5.41, 5.74) is 5.30. The molecule has 0 heterocycles. The van der Waals surface area contributed by atoms with E-state index in [0.29, 0.717) is 19.5 Å². The van der Waals surface area contributed by atoms with E-state index in [2.05, 4.69) is 10.6 Å². The normalized spacial score (nSPS) is 13.2. The molecule has 0 aromatic heterocycles. The molecule has 0 spiro atoms. The summed E-state index contributed by atoms with van der Waals surface area (Å²) in [7, 11) is 1.96. The first-order valence-corrected chi connectivity index (χ1v) is 5.04. The molecule has 0 aliphatic heterocycles. The maximum absolute atomic E-state index is 9.30. The van der Waals surface area contributed by atoms with Gasteiger partial charge in [-0.1, -0.05) is 0 Å². The van der Waals surface area contributed by atoms with E-state index in [-0.39, 0.29) is 6.10 Å². The molecular formula is C9H23N3O. The van der Waals surface area contributed by atoms with Gasteiger partial charge in [0, 0.05) is 6.54 Å². The van der Waals surface area contributed by atoms with Crippen LogP contribution in [0.5, 0.6) is 0 Å². The van der Waals surface area contributed by atoms with Crippen molar-refractivity contribution in [3.05, 3.63) is 0 Å². The maximum atomic E-state index is 9.30. The van der Waals surface area contributed by atoms with Crippen molar-refractivity contribution in [1.29, 1.82) is 0 Å². The molecule has 0 fully saturated rings. The van der Waals surface area contributed by atoms with Gasteiger partial charge < -0.3 is 21.5 Å². The highest BCUT2D eigenvalue weighted by atomic mass is 16.3. The van der Waals surface area contributed by atoms with E-state index < -0.39 is 0 Å². The minimum Gasteiger partial charge on any atom is -0.392 e. The van der Waals surface area contributed by atoms with E-state index >= 15 is 0 Å². The Hall–Kier alpha value is -0.160. The second-order valence-corrected chi connectivity index (χ2v) is 3.25. The molecule has 1 atom stereocenters. The van der Waals surface area contributed by atoms with Crippen LogP contribution in [0.2, 0.25) is 0 Å². The largest absolute Gasteiger partial charge is 0.392 e. The van der Waals surface area contributed by atoms with Gasteiger partial charge in [0.1, 0.15) is 0 Å². The second-order valence-electron chi connectivity index (χ2n) is 3.25. The molecule has 0 saturated carbocycles. The van der Waals surface area contributed by atoms with Crippen molar-refractivity contribution in [2.45, 2.75) is 25.4 Å². The van der Waals surface area contributed by atoms with Crippen LogP contribution >= 0.6 is 0 Å². The van der Waals surface area contributed by atoms with Crippen LogP contribution in [-0.2, 0) is 0 Å². The van der Waals surface area contributed by atoms with Gasteiger partial charge in [0.2, 0.25) is 0 Å². The summed E-state index contributed by atoms with van der Waals surface area (Å²) in [6, 6.07) is 0. The van der Waals surface area contributed by atoms with E-state index in [1.54, 1.807) is 0 Å². The first-order valence-electron chi connectivity index (χ1n) is 5.04. The van der Waals surface area contributed by atoms with E-state index in [4.69, 9.17) is 5.73 Å². The van der Waals surface area contributed by atoms with Crippen LogP contribution < -0.4 is 16.4 Å². The van der Waals surface area contributed by atoms with E-state index in [0.717, 1.165) is 19.5 Å². The van der Waals surface area contributed by atoms with Gasteiger partial charge in [0.05, 0.1) is 6.10 Å². The number of hydrogen-bond donors (Lipinski definition) is 4. The molecule has 4 heteroatoms. The molecule has 0 saturated heterocycles. The number of rotatable bonds is 9. The van der Waals surface area contributed by atoms with Crippen LogP contribution in [-0.4, -0.2) is 44.4 Å². The topological polar surface area (TPSA) is 70.3 Å². The van der Waals surface area contributed by atoms with Crippen molar-refractivity contribution in [3.63, 3.8) is 0 Å². The fourth-order valence-electron chi connectivity index (χ4n) is 1.11. The minimum absolute atomic E-state index is 0.283. The van der Waals surface area contributed by atoms with Crippen LogP contribution in [0.1, 0.15) is 19.3 Å². The average Bonchev–Trinajstić information content (AvgIpc) is 2.11. The van der Waals surface area contributed by atoms with E-state index in [1.807, 2.05) is 7.05 Å². The van der Waals surface area contributed by atoms with Crippen molar-refractivity contribution >= 4 is 0 Å². The minimum atomic E-state index is -0.283. The van der Waals surface area contributed by atoms with Gasteiger partial charge in [-0.2, -0.15) is 0 Å². The first kappa shape index (κ1) is 12.8. The summed E-state index contributed by atoms with van der Waals surface area (Å²) in [6.07, 6.45) is 2.73. The predicted octanol–water partition coefficient (Wildman–Crippen LogP) is -0.715. The van der Waals surface area contributed by atoms with E-state index in [9.17, 15) is 5.11 Å². The molecule has 13 heavy (non-hydrogen) atoms. The van der Waals surface area contributed by atoms with Crippen molar-refractivity contribution < 1.29 is 5.11 Å². The zero-order chi connectivity index (χ0) is 9.94. The molecule has 0 aliphatic rings. The molecule has 5 N–H and O–H groups in total. The van der Waals surface area contributed by atoms with E-state index in [1.165, 1.54) is 6.42 Å². The molecule has 0 amide bonds. The van der Waals surface area contributed by atoms with Crippen LogP contribution in [0.4, 0.5) is 0 Å². The third-order valence-electron chi connectivity index (χ3n) is 1.91. The Bertz CT molecular complexity index is 101. The zero-order valence-corrected chi connectivity index (χ0v) is 8.55. The van der Waals surface area contributed by atoms with Crippen molar-refractivity contribution in [2.24, 2.45) is 5.73 Å².